The first kappa shape index (κ1) is 13.4. The summed E-state index contributed by atoms with van der Waals surface area (Å²) in [6.45, 7) is 4.85. The SMILES string of the molecule is CC1(C)CCCC1NC1CCCc2c1[nH]c1ccccc21. The fraction of sp³-hybridized carbons (Fsp3) is 0.579. The van der Waals surface area contributed by atoms with Crippen LogP contribution in [0.25, 0.3) is 10.9 Å². The molecular formula is C19H26N2. The number of fused-ring (bicyclic) bond motifs is 3. The molecule has 1 aromatic carbocycles. The van der Waals surface area contributed by atoms with E-state index in [-0.39, 0.29) is 0 Å². The third-order valence-electron chi connectivity index (χ3n) is 5.77. The third kappa shape index (κ3) is 2.20. The molecular weight excluding hydrogens is 256 g/mol. The maximum atomic E-state index is 3.99. The zero-order valence-corrected chi connectivity index (χ0v) is 13.2. The quantitative estimate of drug-likeness (QED) is 0.820. The average Bonchev–Trinajstić information content (AvgIpc) is 3.00. The highest BCUT2D eigenvalue weighted by Gasteiger charge is 2.37. The van der Waals surface area contributed by atoms with Crippen molar-refractivity contribution in [1.82, 2.24) is 10.3 Å². The van der Waals surface area contributed by atoms with Crippen LogP contribution in [-0.4, -0.2) is 11.0 Å². The van der Waals surface area contributed by atoms with Gasteiger partial charge in [0.25, 0.3) is 0 Å². The van der Waals surface area contributed by atoms with Gasteiger partial charge in [-0.25, -0.2) is 0 Å². The number of H-pyrrole nitrogens is 1. The largest absolute Gasteiger partial charge is 0.357 e. The van der Waals surface area contributed by atoms with Crippen LogP contribution >= 0.6 is 0 Å². The normalized spacial score (nSPS) is 27.9. The summed E-state index contributed by atoms with van der Waals surface area (Å²) in [5.74, 6) is 0. The van der Waals surface area contributed by atoms with E-state index in [9.17, 15) is 0 Å². The minimum atomic E-state index is 0.448. The highest BCUT2D eigenvalue weighted by molar-refractivity contribution is 5.85. The van der Waals surface area contributed by atoms with E-state index in [0.29, 0.717) is 17.5 Å². The maximum absolute atomic E-state index is 3.99. The van der Waals surface area contributed by atoms with Crippen LogP contribution in [0.5, 0.6) is 0 Å². The second-order valence-corrected chi connectivity index (χ2v) is 7.61. The fourth-order valence-corrected chi connectivity index (χ4v) is 4.46. The lowest BCUT2D eigenvalue weighted by Crippen LogP contribution is -2.41. The Bertz CT molecular complexity index is 653. The third-order valence-corrected chi connectivity index (χ3v) is 5.77. The van der Waals surface area contributed by atoms with Crippen LogP contribution in [-0.2, 0) is 6.42 Å². The lowest BCUT2D eigenvalue weighted by molar-refractivity contribution is 0.251. The number of aryl methyl sites for hydroxylation is 1. The van der Waals surface area contributed by atoms with Crippen molar-refractivity contribution in [2.24, 2.45) is 5.41 Å². The minimum absolute atomic E-state index is 0.448. The van der Waals surface area contributed by atoms with E-state index in [1.807, 2.05) is 0 Å². The lowest BCUT2D eigenvalue weighted by atomic mass is 9.85. The summed E-state index contributed by atoms with van der Waals surface area (Å²) >= 11 is 0. The molecule has 0 saturated heterocycles. The number of rotatable bonds is 2. The standard InChI is InChI=1S/C19H26N2/c1-19(2)12-6-11-17(19)20-16-10-5-8-14-13-7-3-4-9-15(13)21-18(14)16/h3-4,7,9,16-17,20-21H,5-6,8,10-12H2,1-2H3. The monoisotopic (exact) mass is 282 g/mol. The Balaban J connectivity index is 1.67. The number of para-hydroxylation sites is 1. The van der Waals surface area contributed by atoms with E-state index in [4.69, 9.17) is 0 Å². The summed E-state index contributed by atoms with van der Waals surface area (Å²) in [5, 5.41) is 5.43. The highest BCUT2D eigenvalue weighted by Crippen LogP contribution is 2.41. The van der Waals surface area contributed by atoms with Gasteiger partial charge in [0.1, 0.15) is 0 Å². The number of aromatic nitrogens is 1. The van der Waals surface area contributed by atoms with Crippen LogP contribution in [0.2, 0.25) is 0 Å². The van der Waals surface area contributed by atoms with Crippen molar-refractivity contribution in [3.8, 4) is 0 Å². The van der Waals surface area contributed by atoms with Gasteiger partial charge in [0, 0.05) is 28.7 Å². The maximum Gasteiger partial charge on any atom is 0.0478 e. The molecule has 2 unspecified atom stereocenters. The molecule has 2 nitrogen and oxygen atoms in total. The Morgan fingerprint density at radius 2 is 2.00 bits per heavy atom. The fourth-order valence-electron chi connectivity index (χ4n) is 4.46. The first-order chi connectivity index (χ1) is 10.1. The van der Waals surface area contributed by atoms with Crippen molar-refractivity contribution in [3.05, 3.63) is 35.5 Å². The molecule has 2 aliphatic rings. The molecule has 21 heavy (non-hydrogen) atoms. The van der Waals surface area contributed by atoms with Crippen molar-refractivity contribution < 1.29 is 0 Å². The van der Waals surface area contributed by atoms with Gasteiger partial charge in [-0.2, -0.15) is 0 Å². The first-order valence-electron chi connectivity index (χ1n) is 8.51. The van der Waals surface area contributed by atoms with E-state index in [2.05, 4.69) is 48.4 Å². The molecule has 1 fully saturated rings. The van der Waals surface area contributed by atoms with Gasteiger partial charge in [-0.3, -0.25) is 0 Å². The summed E-state index contributed by atoms with van der Waals surface area (Å²) in [5.41, 5.74) is 4.78. The van der Waals surface area contributed by atoms with Gasteiger partial charge in [0.05, 0.1) is 0 Å². The zero-order chi connectivity index (χ0) is 14.4. The van der Waals surface area contributed by atoms with E-state index in [0.717, 1.165) is 0 Å². The molecule has 0 aliphatic heterocycles. The lowest BCUT2D eigenvalue weighted by Gasteiger charge is -2.34. The van der Waals surface area contributed by atoms with Gasteiger partial charge in [-0.1, -0.05) is 38.5 Å². The van der Waals surface area contributed by atoms with Gasteiger partial charge >= 0.3 is 0 Å². The minimum Gasteiger partial charge on any atom is -0.357 e. The van der Waals surface area contributed by atoms with Crippen molar-refractivity contribution in [3.63, 3.8) is 0 Å². The van der Waals surface area contributed by atoms with Gasteiger partial charge in [-0.15, -0.1) is 0 Å². The molecule has 0 spiro atoms. The molecule has 2 aliphatic carbocycles. The van der Waals surface area contributed by atoms with Gasteiger partial charge in [0.15, 0.2) is 0 Å². The Hall–Kier alpha value is -1.28. The van der Waals surface area contributed by atoms with Crippen LogP contribution in [0.15, 0.2) is 24.3 Å². The second-order valence-electron chi connectivity index (χ2n) is 7.61. The highest BCUT2D eigenvalue weighted by atomic mass is 15.0. The van der Waals surface area contributed by atoms with E-state index >= 15 is 0 Å². The molecule has 2 N–H and O–H groups in total. The average molecular weight is 282 g/mol. The second kappa shape index (κ2) is 4.88. The molecule has 2 heteroatoms. The first-order valence-corrected chi connectivity index (χ1v) is 8.51. The predicted molar refractivity (Wildman–Crippen MR) is 88.5 cm³/mol. The van der Waals surface area contributed by atoms with E-state index in [1.165, 1.54) is 55.1 Å². The van der Waals surface area contributed by atoms with Crippen LogP contribution in [0, 0.1) is 5.41 Å². The van der Waals surface area contributed by atoms with E-state index in [1.54, 1.807) is 5.56 Å². The van der Waals surface area contributed by atoms with Crippen molar-refractivity contribution in [1.29, 1.82) is 0 Å². The molecule has 1 aromatic heterocycles. The molecule has 1 saturated carbocycles. The molecule has 2 aromatic rings. The molecule has 112 valence electrons. The van der Waals surface area contributed by atoms with Crippen LogP contribution in [0.4, 0.5) is 0 Å². The summed E-state index contributed by atoms with van der Waals surface area (Å²) in [4.78, 5) is 3.70. The molecule has 2 atom stereocenters. The number of hydrogen-bond acceptors (Lipinski definition) is 1. The molecule has 0 radical (unpaired) electrons. The van der Waals surface area contributed by atoms with Crippen LogP contribution in [0.3, 0.4) is 0 Å². The van der Waals surface area contributed by atoms with E-state index < -0.39 is 0 Å². The number of nitrogens with one attached hydrogen (secondary N) is 2. The summed E-state index contributed by atoms with van der Waals surface area (Å²) in [6, 6.07) is 9.96. The van der Waals surface area contributed by atoms with Gasteiger partial charge < -0.3 is 10.3 Å². The Morgan fingerprint density at radius 3 is 2.81 bits per heavy atom. The van der Waals surface area contributed by atoms with Crippen LogP contribution in [0.1, 0.15) is 63.3 Å². The zero-order valence-electron chi connectivity index (χ0n) is 13.2. The summed E-state index contributed by atoms with van der Waals surface area (Å²) < 4.78 is 0. The number of benzene rings is 1. The van der Waals surface area contributed by atoms with Crippen LogP contribution < -0.4 is 5.32 Å². The molecule has 1 heterocycles. The topological polar surface area (TPSA) is 27.8 Å². The molecule has 0 bridgehead atoms. The van der Waals surface area contributed by atoms with Gasteiger partial charge in [0.2, 0.25) is 0 Å². The Labute approximate surface area is 127 Å². The smallest absolute Gasteiger partial charge is 0.0478 e. The van der Waals surface area contributed by atoms with Crippen molar-refractivity contribution in [2.45, 2.75) is 64.5 Å². The van der Waals surface area contributed by atoms with Gasteiger partial charge in [-0.05, 0) is 49.1 Å². The Morgan fingerprint density at radius 1 is 1.14 bits per heavy atom. The van der Waals surface area contributed by atoms with Crippen molar-refractivity contribution in [2.75, 3.05) is 0 Å². The predicted octanol–water partition coefficient (Wildman–Crippen LogP) is 4.71. The number of aromatic amines is 1. The summed E-state index contributed by atoms with van der Waals surface area (Å²) in [7, 11) is 0. The summed E-state index contributed by atoms with van der Waals surface area (Å²) in [6.07, 6.45) is 7.87. The van der Waals surface area contributed by atoms with Crippen molar-refractivity contribution >= 4 is 10.9 Å². The Kier molecular flexibility index (Phi) is 3.11. The molecule has 4 rings (SSSR count). The molecule has 0 amide bonds. The number of hydrogen-bond donors (Lipinski definition) is 2.